The van der Waals surface area contributed by atoms with E-state index in [9.17, 15) is 14.4 Å². The standard InChI is InChI=1S/C25H18N2O4/c1-26-22-15-10-18(9-5-8-17-6-3-2-4-7-17)16-21(22)23(28)27(25(26)31)20-13-11-19(12-14-20)24(29)30/h2-4,6-7,10-16H,8H2,1H3,(H,29,30). The van der Waals surface area contributed by atoms with E-state index >= 15 is 0 Å². The summed E-state index contributed by atoms with van der Waals surface area (Å²) in [7, 11) is 1.59. The molecule has 4 aromatic rings. The third-order valence-electron chi connectivity index (χ3n) is 5.01. The van der Waals surface area contributed by atoms with Crippen LogP contribution in [0.5, 0.6) is 0 Å². The Morgan fingerprint density at radius 3 is 2.35 bits per heavy atom. The molecule has 152 valence electrons. The zero-order valence-corrected chi connectivity index (χ0v) is 16.7. The summed E-state index contributed by atoms with van der Waals surface area (Å²) in [5.41, 5.74) is 1.67. The first-order valence-electron chi connectivity index (χ1n) is 9.58. The molecule has 0 aliphatic rings. The molecule has 3 aromatic carbocycles. The van der Waals surface area contributed by atoms with Gasteiger partial charge in [0.05, 0.1) is 22.2 Å². The molecule has 0 fully saturated rings. The van der Waals surface area contributed by atoms with Gasteiger partial charge in [-0.2, -0.15) is 0 Å². The van der Waals surface area contributed by atoms with Crippen LogP contribution in [0.3, 0.4) is 0 Å². The van der Waals surface area contributed by atoms with E-state index in [-0.39, 0.29) is 5.56 Å². The van der Waals surface area contributed by atoms with Gasteiger partial charge in [-0.15, -0.1) is 0 Å². The molecular formula is C25H18N2O4. The van der Waals surface area contributed by atoms with E-state index in [0.717, 1.165) is 10.1 Å². The summed E-state index contributed by atoms with van der Waals surface area (Å²) >= 11 is 0. The number of aromatic carboxylic acids is 1. The average Bonchev–Trinajstić information content (AvgIpc) is 2.79. The molecule has 1 N–H and O–H groups in total. The number of aromatic nitrogens is 2. The summed E-state index contributed by atoms with van der Waals surface area (Å²) in [5, 5.41) is 9.43. The van der Waals surface area contributed by atoms with Crippen molar-refractivity contribution in [2.24, 2.45) is 7.05 Å². The van der Waals surface area contributed by atoms with Crippen LogP contribution < -0.4 is 11.2 Å². The van der Waals surface area contributed by atoms with E-state index in [4.69, 9.17) is 5.11 Å². The molecule has 1 heterocycles. The molecule has 0 amide bonds. The number of hydrogen-bond donors (Lipinski definition) is 1. The van der Waals surface area contributed by atoms with Crippen molar-refractivity contribution in [2.75, 3.05) is 0 Å². The average molecular weight is 410 g/mol. The number of hydrogen-bond acceptors (Lipinski definition) is 3. The van der Waals surface area contributed by atoms with Crippen LogP contribution >= 0.6 is 0 Å². The number of carbonyl (C=O) groups is 1. The van der Waals surface area contributed by atoms with Crippen molar-refractivity contribution >= 4 is 16.9 Å². The van der Waals surface area contributed by atoms with Gasteiger partial charge in [-0.25, -0.2) is 14.2 Å². The number of benzene rings is 3. The molecular weight excluding hydrogens is 392 g/mol. The van der Waals surface area contributed by atoms with E-state index in [1.165, 1.54) is 28.8 Å². The van der Waals surface area contributed by atoms with E-state index in [2.05, 4.69) is 11.8 Å². The number of rotatable bonds is 3. The van der Waals surface area contributed by atoms with Crippen LogP contribution in [0, 0.1) is 11.8 Å². The Balaban J connectivity index is 1.80. The van der Waals surface area contributed by atoms with Crippen LogP contribution in [0.25, 0.3) is 16.6 Å². The number of carboxylic acid groups (broad SMARTS) is 1. The predicted molar refractivity (Wildman–Crippen MR) is 119 cm³/mol. The molecule has 31 heavy (non-hydrogen) atoms. The monoisotopic (exact) mass is 410 g/mol. The van der Waals surface area contributed by atoms with Crippen molar-refractivity contribution in [3.8, 4) is 17.5 Å². The van der Waals surface area contributed by atoms with Gasteiger partial charge in [-0.1, -0.05) is 42.2 Å². The molecule has 0 aliphatic carbocycles. The minimum atomic E-state index is -1.08. The molecule has 4 rings (SSSR count). The van der Waals surface area contributed by atoms with Crippen LogP contribution in [-0.4, -0.2) is 20.2 Å². The Labute approximate surface area is 177 Å². The van der Waals surface area contributed by atoms with Gasteiger partial charge in [0.15, 0.2) is 0 Å². The SMILES string of the molecule is Cn1c(=O)n(-c2ccc(C(=O)O)cc2)c(=O)c2cc(C#CCc3ccccc3)ccc21. The van der Waals surface area contributed by atoms with E-state index in [0.29, 0.717) is 28.6 Å². The van der Waals surface area contributed by atoms with Crippen molar-refractivity contribution in [3.63, 3.8) is 0 Å². The lowest BCUT2D eigenvalue weighted by Gasteiger charge is -2.11. The van der Waals surface area contributed by atoms with Gasteiger partial charge >= 0.3 is 11.7 Å². The van der Waals surface area contributed by atoms with Crippen molar-refractivity contribution in [1.82, 2.24) is 9.13 Å². The molecule has 0 spiro atoms. The van der Waals surface area contributed by atoms with Crippen LogP contribution in [0.1, 0.15) is 21.5 Å². The highest BCUT2D eigenvalue weighted by Crippen LogP contribution is 2.13. The third kappa shape index (κ3) is 3.89. The lowest BCUT2D eigenvalue weighted by molar-refractivity contribution is 0.0697. The molecule has 6 nitrogen and oxygen atoms in total. The molecule has 0 bridgehead atoms. The van der Waals surface area contributed by atoms with Crippen LogP contribution in [0.2, 0.25) is 0 Å². The maximum Gasteiger partial charge on any atom is 0.335 e. The molecule has 0 saturated carbocycles. The first-order chi connectivity index (χ1) is 15.0. The summed E-state index contributed by atoms with van der Waals surface area (Å²) in [4.78, 5) is 37.1. The molecule has 0 aliphatic heterocycles. The molecule has 0 atom stereocenters. The van der Waals surface area contributed by atoms with Gasteiger partial charge < -0.3 is 5.11 Å². The Hall–Kier alpha value is -4.37. The topological polar surface area (TPSA) is 81.3 Å². The van der Waals surface area contributed by atoms with Gasteiger partial charge in [-0.3, -0.25) is 9.36 Å². The van der Waals surface area contributed by atoms with Crippen LogP contribution in [0.15, 0.2) is 82.4 Å². The number of carboxylic acids is 1. The van der Waals surface area contributed by atoms with Gasteiger partial charge in [0.1, 0.15) is 0 Å². The minimum absolute atomic E-state index is 0.0744. The second-order valence-electron chi connectivity index (χ2n) is 7.03. The number of aryl methyl sites for hydroxylation is 1. The smallest absolute Gasteiger partial charge is 0.335 e. The van der Waals surface area contributed by atoms with Crippen molar-refractivity contribution in [1.29, 1.82) is 0 Å². The molecule has 0 radical (unpaired) electrons. The largest absolute Gasteiger partial charge is 0.478 e. The highest BCUT2D eigenvalue weighted by Gasteiger charge is 2.13. The van der Waals surface area contributed by atoms with Crippen LogP contribution in [0.4, 0.5) is 0 Å². The summed E-state index contributed by atoms with van der Waals surface area (Å²) in [6, 6.07) is 20.6. The summed E-state index contributed by atoms with van der Waals surface area (Å²) in [5.74, 6) is 5.10. The van der Waals surface area contributed by atoms with Gasteiger partial charge in [0.25, 0.3) is 5.56 Å². The maximum atomic E-state index is 13.2. The fraction of sp³-hybridized carbons (Fsp3) is 0.0800. The summed E-state index contributed by atoms with van der Waals surface area (Å²) < 4.78 is 2.43. The van der Waals surface area contributed by atoms with E-state index in [1.54, 1.807) is 25.2 Å². The quantitative estimate of drug-likeness (QED) is 0.527. The van der Waals surface area contributed by atoms with E-state index in [1.807, 2.05) is 30.3 Å². The van der Waals surface area contributed by atoms with Crippen molar-refractivity contribution in [2.45, 2.75) is 6.42 Å². The Kier molecular flexibility index (Phi) is 5.25. The first kappa shape index (κ1) is 19.9. The number of nitrogens with zero attached hydrogens (tertiary/aromatic N) is 2. The molecule has 0 saturated heterocycles. The van der Waals surface area contributed by atoms with E-state index < -0.39 is 17.2 Å². The Morgan fingerprint density at radius 1 is 0.968 bits per heavy atom. The van der Waals surface area contributed by atoms with Crippen LogP contribution in [-0.2, 0) is 13.5 Å². The minimum Gasteiger partial charge on any atom is -0.478 e. The van der Waals surface area contributed by atoms with Gasteiger partial charge in [-0.05, 0) is 48.0 Å². The van der Waals surface area contributed by atoms with Crippen molar-refractivity contribution in [3.05, 3.63) is 110 Å². The fourth-order valence-electron chi connectivity index (χ4n) is 3.36. The third-order valence-corrected chi connectivity index (χ3v) is 5.01. The maximum absolute atomic E-state index is 13.2. The number of fused-ring (bicyclic) bond motifs is 1. The highest BCUT2D eigenvalue weighted by atomic mass is 16.4. The normalized spacial score (nSPS) is 10.5. The molecule has 1 aromatic heterocycles. The predicted octanol–water partition coefficient (Wildman–Crippen LogP) is 2.98. The first-order valence-corrected chi connectivity index (χ1v) is 9.58. The molecule has 0 unspecified atom stereocenters. The summed E-state index contributed by atoms with van der Waals surface area (Å²) in [6.07, 6.45) is 0.590. The van der Waals surface area contributed by atoms with Gasteiger partial charge in [0, 0.05) is 19.0 Å². The second-order valence-corrected chi connectivity index (χ2v) is 7.03. The lowest BCUT2D eigenvalue weighted by atomic mass is 10.1. The Morgan fingerprint density at radius 2 is 1.68 bits per heavy atom. The zero-order valence-electron chi connectivity index (χ0n) is 16.7. The Bertz CT molecular complexity index is 1470. The highest BCUT2D eigenvalue weighted by molar-refractivity contribution is 5.87. The van der Waals surface area contributed by atoms with Crippen molar-refractivity contribution < 1.29 is 9.90 Å². The fourth-order valence-corrected chi connectivity index (χ4v) is 3.36. The summed E-state index contributed by atoms with van der Waals surface area (Å²) in [6.45, 7) is 0. The molecule has 6 heteroatoms. The second kappa shape index (κ2) is 8.17. The lowest BCUT2D eigenvalue weighted by Crippen LogP contribution is -2.37. The zero-order chi connectivity index (χ0) is 22.0. The van der Waals surface area contributed by atoms with Gasteiger partial charge in [0.2, 0.25) is 0 Å².